The van der Waals surface area contributed by atoms with Gasteiger partial charge in [0.1, 0.15) is 11.3 Å². The van der Waals surface area contributed by atoms with Gasteiger partial charge in [-0.2, -0.15) is 4.98 Å². The molecule has 3 aromatic rings. The maximum absolute atomic E-state index is 9.49. The zero-order chi connectivity index (χ0) is 16.7. The molecule has 1 aliphatic carbocycles. The predicted molar refractivity (Wildman–Crippen MR) is 90.5 cm³/mol. The number of rotatable bonds is 4. The third-order valence-corrected chi connectivity index (χ3v) is 4.38. The molecule has 1 saturated carbocycles. The predicted octanol–water partition coefficient (Wildman–Crippen LogP) is 2.07. The minimum atomic E-state index is -0.230. The van der Waals surface area contributed by atoms with E-state index in [1.807, 2.05) is 42.3 Å². The molecule has 0 amide bonds. The number of hydrogen-bond donors (Lipinski definition) is 2. The van der Waals surface area contributed by atoms with Crippen molar-refractivity contribution in [2.24, 2.45) is 0 Å². The number of oxazole rings is 1. The summed E-state index contributed by atoms with van der Waals surface area (Å²) in [6, 6.07) is 9.60. The highest BCUT2D eigenvalue weighted by Crippen LogP contribution is 2.36. The number of aliphatic hydroxyl groups is 1. The van der Waals surface area contributed by atoms with Crippen molar-refractivity contribution in [1.82, 2.24) is 15.0 Å². The van der Waals surface area contributed by atoms with Crippen LogP contribution in [0.2, 0.25) is 0 Å². The van der Waals surface area contributed by atoms with Crippen molar-refractivity contribution < 1.29 is 9.52 Å². The summed E-state index contributed by atoms with van der Waals surface area (Å²) >= 11 is 0. The molecule has 0 aliphatic heterocycles. The number of fused-ring (bicyclic) bond motifs is 1. The van der Waals surface area contributed by atoms with Crippen LogP contribution in [0.15, 0.2) is 34.7 Å². The summed E-state index contributed by atoms with van der Waals surface area (Å²) in [6.07, 6.45) is 1.22. The lowest BCUT2D eigenvalue weighted by Gasteiger charge is -2.31. The van der Waals surface area contributed by atoms with Crippen molar-refractivity contribution in [2.45, 2.75) is 31.4 Å². The Morgan fingerprint density at radius 1 is 1.25 bits per heavy atom. The fraction of sp³-hybridized carbons (Fsp3) is 0.353. The van der Waals surface area contributed by atoms with Gasteiger partial charge in [-0.25, -0.2) is 9.97 Å². The molecule has 4 rings (SSSR count). The normalized spacial score (nSPS) is 20.1. The molecule has 2 heterocycles. The highest BCUT2D eigenvalue weighted by atomic mass is 16.3. The Bertz CT molecular complexity index is 839. The van der Waals surface area contributed by atoms with Gasteiger partial charge in [0.15, 0.2) is 5.58 Å². The first-order chi connectivity index (χ1) is 11.6. The maximum Gasteiger partial charge on any atom is 0.222 e. The molecule has 0 unspecified atom stereocenters. The molecule has 0 bridgehead atoms. The zero-order valence-corrected chi connectivity index (χ0v) is 13.4. The number of anilines is 2. The number of nitrogens with zero attached hydrogens (tertiary/aromatic N) is 4. The number of nitrogen functional groups attached to an aromatic ring is 1. The van der Waals surface area contributed by atoms with Gasteiger partial charge in [0, 0.05) is 19.0 Å². The van der Waals surface area contributed by atoms with E-state index in [2.05, 4.69) is 15.0 Å². The van der Waals surface area contributed by atoms with E-state index in [0.717, 1.165) is 35.5 Å². The molecule has 7 nitrogen and oxygen atoms in total. The lowest BCUT2D eigenvalue weighted by atomic mass is 9.80. The Kier molecular flexibility index (Phi) is 3.57. The Morgan fingerprint density at radius 2 is 2.04 bits per heavy atom. The number of benzene rings is 1. The molecule has 2 aromatic heterocycles. The molecule has 0 spiro atoms. The number of hydrogen-bond acceptors (Lipinski definition) is 7. The van der Waals surface area contributed by atoms with Gasteiger partial charge in [-0.3, -0.25) is 0 Å². The fourth-order valence-electron chi connectivity index (χ4n) is 2.98. The van der Waals surface area contributed by atoms with Crippen LogP contribution in [0, 0.1) is 0 Å². The van der Waals surface area contributed by atoms with Crippen LogP contribution in [0.1, 0.15) is 30.3 Å². The van der Waals surface area contributed by atoms with Crippen molar-refractivity contribution in [3.63, 3.8) is 0 Å². The molecule has 1 aromatic carbocycles. The smallest absolute Gasteiger partial charge is 0.222 e. The van der Waals surface area contributed by atoms with E-state index >= 15 is 0 Å². The van der Waals surface area contributed by atoms with Crippen LogP contribution in [0.4, 0.5) is 11.8 Å². The lowest BCUT2D eigenvalue weighted by molar-refractivity contribution is 0.0732. The molecule has 0 atom stereocenters. The second-order valence-corrected chi connectivity index (χ2v) is 6.26. The summed E-state index contributed by atoms with van der Waals surface area (Å²) in [5, 5.41) is 9.49. The van der Waals surface area contributed by atoms with Gasteiger partial charge in [0.25, 0.3) is 0 Å². The van der Waals surface area contributed by atoms with Crippen molar-refractivity contribution in [2.75, 3.05) is 17.7 Å². The van der Waals surface area contributed by atoms with E-state index in [1.54, 1.807) is 0 Å². The fourth-order valence-corrected chi connectivity index (χ4v) is 2.98. The molecular weight excluding hydrogens is 306 g/mol. The standard InChI is InChI=1S/C17H19N5O2/c1-22(9-16-19-12-4-2-3-5-14(12)24-16)15-8-13(20-17(18)21-15)10-6-11(23)7-10/h2-5,8,10-11,23H,6-7,9H2,1H3,(H2,18,20,21). The molecular formula is C17H19N5O2. The van der Waals surface area contributed by atoms with E-state index in [9.17, 15) is 5.11 Å². The van der Waals surface area contributed by atoms with Gasteiger partial charge in [-0.05, 0) is 25.0 Å². The molecule has 124 valence electrons. The third-order valence-electron chi connectivity index (χ3n) is 4.38. The first-order valence-electron chi connectivity index (χ1n) is 7.96. The maximum atomic E-state index is 9.49. The SMILES string of the molecule is CN(Cc1nc2ccccc2o1)c1cc(C2CC(O)C2)nc(N)n1. The van der Waals surface area contributed by atoms with Gasteiger partial charge in [-0.1, -0.05) is 12.1 Å². The van der Waals surface area contributed by atoms with Gasteiger partial charge in [0.05, 0.1) is 18.3 Å². The summed E-state index contributed by atoms with van der Waals surface area (Å²) in [5.74, 6) is 1.84. The molecule has 1 fully saturated rings. The van der Waals surface area contributed by atoms with Crippen molar-refractivity contribution >= 4 is 22.9 Å². The van der Waals surface area contributed by atoms with Crippen LogP contribution in [-0.4, -0.2) is 33.2 Å². The highest BCUT2D eigenvalue weighted by molar-refractivity contribution is 5.72. The minimum absolute atomic E-state index is 0.230. The number of aliphatic hydroxyl groups excluding tert-OH is 1. The molecule has 24 heavy (non-hydrogen) atoms. The molecule has 0 saturated heterocycles. The van der Waals surface area contributed by atoms with E-state index in [0.29, 0.717) is 12.4 Å². The average Bonchev–Trinajstić information content (AvgIpc) is 2.93. The third kappa shape index (κ3) is 2.78. The first-order valence-corrected chi connectivity index (χ1v) is 7.96. The molecule has 1 aliphatic rings. The van der Waals surface area contributed by atoms with Gasteiger partial charge >= 0.3 is 0 Å². The van der Waals surface area contributed by atoms with Crippen molar-refractivity contribution in [1.29, 1.82) is 0 Å². The van der Waals surface area contributed by atoms with Crippen LogP contribution in [0.5, 0.6) is 0 Å². The summed E-state index contributed by atoms with van der Waals surface area (Å²) in [5.41, 5.74) is 8.34. The van der Waals surface area contributed by atoms with Crippen LogP contribution in [-0.2, 0) is 6.54 Å². The highest BCUT2D eigenvalue weighted by Gasteiger charge is 2.30. The van der Waals surface area contributed by atoms with Crippen molar-refractivity contribution in [3.05, 3.63) is 41.9 Å². The van der Waals surface area contributed by atoms with E-state index in [4.69, 9.17) is 10.2 Å². The second kappa shape index (κ2) is 5.76. The largest absolute Gasteiger partial charge is 0.439 e. The summed E-state index contributed by atoms with van der Waals surface area (Å²) in [6.45, 7) is 0.484. The summed E-state index contributed by atoms with van der Waals surface area (Å²) in [4.78, 5) is 15.0. The van der Waals surface area contributed by atoms with Crippen molar-refractivity contribution in [3.8, 4) is 0 Å². The monoisotopic (exact) mass is 325 g/mol. The van der Waals surface area contributed by atoms with E-state index in [1.165, 1.54) is 0 Å². The van der Waals surface area contributed by atoms with E-state index < -0.39 is 0 Å². The van der Waals surface area contributed by atoms with E-state index in [-0.39, 0.29) is 18.0 Å². The quantitative estimate of drug-likeness (QED) is 0.757. The zero-order valence-electron chi connectivity index (χ0n) is 13.4. The molecule has 7 heteroatoms. The Hall–Kier alpha value is -2.67. The second-order valence-electron chi connectivity index (χ2n) is 6.26. The summed E-state index contributed by atoms with van der Waals surface area (Å²) in [7, 11) is 1.91. The number of nitrogens with two attached hydrogens (primary N) is 1. The Morgan fingerprint density at radius 3 is 2.79 bits per heavy atom. The first kappa shape index (κ1) is 14.9. The van der Waals surface area contributed by atoms with Crippen LogP contribution in [0.25, 0.3) is 11.1 Å². The topological polar surface area (TPSA) is 101 Å². The van der Waals surface area contributed by atoms with Crippen LogP contribution < -0.4 is 10.6 Å². The van der Waals surface area contributed by atoms with Crippen LogP contribution in [0.3, 0.4) is 0 Å². The van der Waals surface area contributed by atoms with Gasteiger partial charge in [-0.15, -0.1) is 0 Å². The lowest BCUT2D eigenvalue weighted by Crippen LogP contribution is -2.28. The Labute approximate surface area is 139 Å². The van der Waals surface area contributed by atoms with Crippen LogP contribution >= 0.6 is 0 Å². The summed E-state index contributed by atoms with van der Waals surface area (Å²) < 4.78 is 5.75. The molecule has 3 N–H and O–H groups in total. The Balaban J connectivity index is 1.56. The van der Waals surface area contributed by atoms with Gasteiger partial charge < -0.3 is 20.2 Å². The average molecular weight is 325 g/mol. The minimum Gasteiger partial charge on any atom is -0.439 e. The number of para-hydroxylation sites is 2. The number of aromatic nitrogens is 3. The molecule has 0 radical (unpaired) electrons. The van der Waals surface area contributed by atoms with Gasteiger partial charge in [0.2, 0.25) is 11.8 Å².